The zero-order valence-electron chi connectivity index (χ0n) is 9.28. The first-order valence-electron chi connectivity index (χ1n) is 5.85. The zero-order valence-corrected chi connectivity index (χ0v) is 9.28. The van der Waals surface area contributed by atoms with E-state index in [1.165, 1.54) is 19.3 Å². The van der Waals surface area contributed by atoms with Crippen molar-refractivity contribution in [3.8, 4) is 0 Å². The van der Waals surface area contributed by atoms with Gasteiger partial charge in [-0.1, -0.05) is 6.42 Å². The van der Waals surface area contributed by atoms with Gasteiger partial charge in [-0.15, -0.1) is 0 Å². The van der Waals surface area contributed by atoms with E-state index in [-0.39, 0.29) is 18.2 Å². The highest BCUT2D eigenvalue weighted by Gasteiger charge is 2.46. The van der Waals surface area contributed by atoms with Crippen LogP contribution >= 0.6 is 0 Å². The van der Waals surface area contributed by atoms with Crippen molar-refractivity contribution in [2.45, 2.75) is 38.4 Å². The molecule has 0 unspecified atom stereocenters. The fourth-order valence-electron chi connectivity index (χ4n) is 2.11. The Morgan fingerprint density at radius 2 is 2.13 bits per heavy atom. The number of piperidine rings is 1. The number of carbonyl (C=O) groups is 1. The topological polar surface area (TPSA) is 42.1 Å². The van der Waals surface area contributed by atoms with Crippen molar-refractivity contribution in [1.82, 2.24) is 4.90 Å². The summed E-state index contributed by atoms with van der Waals surface area (Å²) in [6.45, 7) is 5.45. The van der Waals surface area contributed by atoms with Gasteiger partial charge in [-0.2, -0.15) is 0 Å². The molecular formula is C11H19NO3. The summed E-state index contributed by atoms with van der Waals surface area (Å²) in [6, 6.07) is 0. The second kappa shape index (κ2) is 4.94. The Morgan fingerprint density at radius 1 is 1.40 bits per heavy atom. The maximum Gasteiger partial charge on any atom is 0.338 e. The highest BCUT2D eigenvalue weighted by atomic mass is 16.6. The molecule has 0 bridgehead atoms. The molecule has 15 heavy (non-hydrogen) atoms. The first-order valence-corrected chi connectivity index (χ1v) is 5.85. The van der Waals surface area contributed by atoms with Gasteiger partial charge >= 0.3 is 5.97 Å². The van der Waals surface area contributed by atoms with Crippen molar-refractivity contribution in [1.29, 1.82) is 0 Å². The van der Waals surface area contributed by atoms with Gasteiger partial charge in [0.05, 0.1) is 6.61 Å². The van der Waals surface area contributed by atoms with Crippen molar-refractivity contribution in [2.75, 3.05) is 26.2 Å². The number of nitrogens with zero attached hydrogens (tertiary/aromatic N) is 1. The van der Waals surface area contributed by atoms with Crippen LogP contribution < -0.4 is 0 Å². The highest BCUT2D eigenvalue weighted by molar-refractivity contribution is 5.78. The minimum absolute atomic E-state index is 0.0853. The molecule has 86 valence electrons. The molecule has 0 spiro atoms. The van der Waals surface area contributed by atoms with Crippen LogP contribution in [0.2, 0.25) is 0 Å². The monoisotopic (exact) mass is 213 g/mol. The van der Waals surface area contributed by atoms with E-state index in [0.717, 1.165) is 19.6 Å². The number of rotatable bonds is 4. The van der Waals surface area contributed by atoms with Gasteiger partial charge in [-0.05, 0) is 32.9 Å². The van der Waals surface area contributed by atoms with Gasteiger partial charge in [-0.3, -0.25) is 0 Å². The van der Waals surface area contributed by atoms with Gasteiger partial charge in [0.25, 0.3) is 0 Å². The van der Waals surface area contributed by atoms with Crippen LogP contribution in [0.15, 0.2) is 0 Å². The second-order valence-electron chi connectivity index (χ2n) is 4.21. The number of hydrogen-bond acceptors (Lipinski definition) is 4. The number of esters is 1. The van der Waals surface area contributed by atoms with E-state index < -0.39 is 0 Å². The van der Waals surface area contributed by atoms with Crippen LogP contribution in [0.1, 0.15) is 26.2 Å². The minimum Gasteiger partial charge on any atom is -0.464 e. The van der Waals surface area contributed by atoms with Crippen molar-refractivity contribution >= 4 is 5.97 Å². The van der Waals surface area contributed by atoms with Crippen LogP contribution in [0, 0.1) is 0 Å². The quantitative estimate of drug-likeness (QED) is 0.512. The summed E-state index contributed by atoms with van der Waals surface area (Å²) in [5.74, 6) is -0.195. The Labute approximate surface area is 90.5 Å². The molecule has 2 fully saturated rings. The Hall–Kier alpha value is -0.610. The molecule has 0 N–H and O–H groups in total. The average molecular weight is 213 g/mol. The molecule has 2 heterocycles. The molecule has 2 aliphatic rings. The summed E-state index contributed by atoms with van der Waals surface area (Å²) in [5, 5.41) is 0. The molecule has 2 atom stereocenters. The fourth-order valence-corrected chi connectivity index (χ4v) is 2.11. The largest absolute Gasteiger partial charge is 0.464 e. The minimum atomic E-state index is -0.285. The van der Waals surface area contributed by atoms with E-state index in [9.17, 15) is 4.79 Å². The number of carbonyl (C=O) groups excluding carboxylic acids is 1. The summed E-state index contributed by atoms with van der Waals surface area (Å²) in [7, 11) is 0. The van der Waals surface area contributed by atoms with E-state index >= 15 is 0 Å². The van der Waals surface area contributed by atoms with E-state index in [4.69, 9.17) is 9.47 Å². The normalized spacial score (nSPS) is 31.3. The van der Waals surface area contributed by atoms with Crippen molar-refractivity contribution in [3.05, 3.63) is 0 Å². The number of likely N-dealkylation sites (tertiary alicyclic amines) is 1. The summed E-state index contributed by atoms with van der Waals surface area (Å²) in [5.41, 5.74) is 0. The Morgan fingerprint density at radius 3 is 2.80 bits per heavy atom. The van der Waals surface area contributed by atoms with Gasteiger partial charge in [-0.25, -0.2) is 4.79 Å². The van der Waals surface area contributed by atoms with E-state index in [0.29, 0.717) is 6.61 Å². The summed E-state index contributed by atoms with van der Waals surface area (Å²) in [4.78, 5) is 13.7. The molecule has 0 aromatic heterocycles. The van der Waals surface area contributed by atoms with Gasteiger partial charge in [0.2, 0.25) is 0 Å². The third-order valence-corrected chi connectivity index (χ3v) is 2.99. The molecule has 2 rings (SSSR count). The number of ether oxygens (including phenoxy) is 2. The molecule has 4 heteroatoms. The fraction of sp³-hybridized carbons (Fsp3) is 0.909. The van der Waals surface area contributed by atoms with Crippen LogP contribution in [0.5, 0.6) is 0 Å². The smallest absolute Gasteiger partial charge is 0.338 e. The van der Waals surface area contributed by atoms with Crippen molar-refractivity contribution < 1.29 is 14.3 Å². The Kier molecular flexibility index (Phi) is 3.59. The Balaban J connectivity index is 1.67. The van der Waals surface area contributed by atoms with Gasteiger partial charge in [0.1, 0.15) is 6.10 Å². The second-order valence-corrected chi connectivity index (χ2v) is 4.21. The molecule has 0 radical (unpaired) electrons. The molecule has 0 amide bonds. The molecule has 4 nitrogen and oxygen atoms in total. The van der Waals surface area contributed by atoms with Crippen LogP contribution in [0.4, 0.5) is 0 Å². The van der Waals surface area contributed by atoms with Crippen LogP contribution in [-0.4, -0.2) is 49.3 Å². The molecule has 0 aromatic rings. The summed E-state index contributed by atoms with van der Waals surface area (Å²) >= 11 is 0. The van der Waals surface area contributed by atoms with Gasteiger partial charge in [0, 0.05) is 6.54 Å². The van der Waals surface area contributed by atoms with Crippen molar-refractivity contribution in [3.63, 3.8) is 0 Å². The lowest BCUT2D eigenvalue weighted by molar-refractivity contribution is -0.144. The first-order chi connectivity index (χ1) is 7.31. The maximum atomic E-state index is 11.3. The Bertz CT molecular complexity index is 226. The number of hydrogen-bond donors (Lipinski definition) is 0. The van der Waals surface area contributed by atoms with E-state index in [2.05, 4.69) is 4.90 Å². The SMILES string of the molecule is CCOC(=O)[C@@H]1O[C@H]1CN1CCCCC1. The molecule has 0 saturated carbocycles. The maximum absolute atomic E-state index is 11.3. The zero-order chi connectivity index (χ0) is 10.7. The lowest BCUT2D eigenvalue weighted by Crippen LogP contribution is -2.34. The van der Waals surface area contributed by atoms with Crippen LogP contribution in [-0.2, 0) is 14.3 Å². The van der Waals surface area contributed by atoms with Crippen molar-refractivity contribution in [2.24, 2.45) is 0 Å². The lowest BCUT2D eigenvalue weighted by Gasteiger charge is -2.25. The van der Waals surface area contributed by atoms with Crippen LogP contribution in [0.25, 0.3) is 0 Å². The van der Waals surface area contributed by atoms with Gasteiger partial charge in [0.15, 0.2) is 6.10 Å². The summed E-state index contributed by atoms with van der Waals surface area (Å²) < 4.78 is 10.2. The number of epoxide rings is 1. The average Bonchev–Trinajstić information content (AvgIpc) is 2.99. The molecule has 2 saturated heterocycles. The van der Waals surface area contributed by atoms with Gasteiger partial charge < -0.3 is 14.4 Å². The highest BCUT2D eigenvalue weighted by Crippen LogP contribution is 2.25. The lowest BCUT2D eigenvalue weighted by atomic mass is 10.1. The van der Waals surface area contributed by atoms with E-state index in [1.54, 1.807) is 0 Å². The standard InChI is InChI=1S/C11H19NO3/c1-2-14-11(13)10-9(15-10)8-12-6-4-3-5-7-12/h9-10H,2-8H2,1H3/t9-,10+/m0/s1. The summed E-state index contributed by atoms with van der Waals surface area (Å²) in [6.07, 6.45) is 3.69. The van der Waals surface area contributed by atoms with Crippen LogP contribution in [0.3, 0.4) is 0 Å². The predicted molar refractivity (Wildman–Crippen MR) is 55.6 cm³/mol. The predicted octanol–water partition coefficient (Wildman–Crippen LogP) is 0.803. The molecule has 2 aliphatic heterocycles. The molecular weight excluding hydrogens is 194 g/mol. The molecule has 0 aromatic carbocycles. The van der Waals surface area contributed by atoms with E-state index in [1.807, 2.05) is 6.92 Å². The third-order valence-electron chi connectivity index (χ3n) is 2.99. The third kappa shape index (κ3) is 2.92. The molecule has 0 aliphatic carbocycles. The first kappa shape index (κ1) is 10.9.